The van der Waals surface area contributed by atoms with E-state index < -0.39 is 11.2 Å². The number of nitrogens with two attached hydrogens (primary N) is 1. The first-order chi connectivity index (χ1) is 8.16. The molecule has 0 atom stereocenters. The fourth-order valence-electron chi connectivity index (χ4n) is 1.73. The molecule has 3 N–H and O–H groups in total. The molecule has 7 heteroatoms. The summed E-state index contributed by atoms with van der Waals surface area (Å²) in [6.45, 7) is 0. The third-order valence-electron chi connectivity index (χ3n) is 2.44. The van der Waals surface area contributed by atoms with Gasteiger partial charge in [0.15, 0.2) is 0 Å². The number of nitrogen functional groups attached to an aromatic ring is 1. The van der Waals surface area contributed by atoms with Gasteiger partial charge in [0.2, 0.25) is 11.7 Å². The Kier molecular flexibility index (Phi) is 1.76. The number of anilines is 1. The van der Waals surface area contributed by atoms with Crippen LogP contribution in [0, 0.1) is 0 Å². The van der Waals surface area contributed by atoms with E-state index in [9.17, 15) is 9.59 Å². The number of aromatic amines is 1. The monoisotopic (exact) mass is 229 g/mol. The molecule has 2 aromatic heterocycles. The van der Waals surface area contributed by atoms with Crippen molar-refractivity contribution >= 4 is 22.6 Å². The second kappa shape index (κ2) is 3.14. The molecule has 0 aliphatic rings. The molecule has 7 nitrogen and oxygen atoms in total. The van der Waals surface area contributed by atoms with Gasteiger partial charge >= 0.3 is 5.69 Å². The van der Waals surface area contributed by atoms with Crippen molar-refractivity contribution < 1.29 is 0 Å². The van der Waals surface area contributed by atoms with E-state index in [4.69, 9.17) is 5.73 Å². The number of nitrogens with one attached hydrogen (secondary N) is 1. The number of H-pyrrole nitrogens is 1. The summed E-state index contributed by atoms with van der Waals surface area (Å²) in [5.74, 6) is -0.0767. The van der Waals surface area contributed by atoms with E-state index in [1.807, 2.05) is 0 Å². The van der Waals surface area contributed by atoms with Gasteiger partial charge in [-0.1, -0.05) is 12.1 Å². The Morgan fingerprint density at radius 1 is 1.18 bits per heavy atom. The second-order valence-electron chi connectivity index (χ2n) is 3.50. The van der Waals surface area contributed by atoms with Crippen LogP contribution in [0.3, 0.4) is 0 Å². The Balaban J connectivity index is 2.74. The SMILES string of the molecule is Nc1nc2nc(=O)c3ccccc3n2c(=O)[nH]1. The molecule has 0 radical (unpaired) electrons. The van der Waals surface area contributed by atoms with E-state index in [1.165, 1.54) is 4.40 Å². The van der Waals surface area contributed by atoms with Gasteiger partial charge in [0, 0.05) is 0 Å². The number of fused-ring (bicyclic) bond motifs is 3. The lowest BCUT2D eigenvalue weighted by atomic mass is 10.2. The van der Waals surface area contributed by atoms with Crippen LogP contribution < -0.4 is 17.0 Å². The van der Waals surface area contributed by atoms with Crippen LogP contribution in [-0.2, 0) is 0 Å². The number of para-hydroxylation sites is 1. The summed E-state index contributed by atoms with van der Waals surface area (Å²) in [7, 11) is 0. The first kappa shape index (κ1) is 9.52. The number of aromatic nitrogens is 4. The van der Waals surface area contributed by atoms with Gasteiger partial charge in [-0.25, -0.2) is 9.20 Å². The van der Waals surface area contributed by atoms with E-state index in [0.29, 0.717) is 10.9 Å². The van der Waals surface area contributed by atoms with E-state index >= 15 is 0 Å². The normalized spacial score (nSPS) is 11.1. The minimum Gasteiger partial charge on any atom is -0.369 e. The van der Waals surface area contributed by atoms with Crippen LogP contribution >= 0.6 is 0 Å². The highest BCUT2D eigenvalue weighted by atomic mass is 16.1. The predicted molar refractivity (Wildman–Crippen MR) is 61.8 cm³/mol. The zero-order chi connectivity index (χ0) is 12.0. The fraction of sp³-hybridized carbons (Fsp3) is 0. The lowest BCUT2D eigenvalue weighted by Crippen LogP contribution is -2.24. The van der Waals surface area contributed by atoms with Gasteiger partial charge in [0.25, 0.3) is 5.56 Å². The molecule has 0 spiro atoms. The maximum Gasteiger partial charge on any atom is 0.335 e. The summed E-state index contributed by atoms with van der Waals surface area (Å²) in [4.78, 5) is 33.4. The number of hydrogen-bond donors (Lipinski definition) is 2. The van der Waals surface area contributed by atoms with Gasteiger partial charge < -0.3 is 5.73 Å². The molecule has 2 heterocycles. The third-order valence-corrected chi connectivity index (χ3v) is 2.44. The Labute approximate surface area is 93.6 Å². The van der Waals surface area contributed by atoms with Crippen molar-refractivity contribution in [3.63, 3.8) is 0 Å². The molecule has 0 unspecified atom stereocenters. The maximum absolute atomic E-state index is 11.8. The zero-order valence-corrected chi connectivity index (χ0v) is 8.54. The summed E-state index contributed by atoms with van der Waals surface area (Å²) in [6, 6.07) is 6.69. The smallest absolute Gasteiger partial charge is 0.335 e. The molecule has 0 aliphatic heterocycles. The van der Waals surface area contributed by atoms with Crippen molar-refractivity contribution in [1.29, 1.82) is 0 Å². The Morgan fingerprint density at radius 2 is 1.94 bits per heavy atom. The quantitative estimate of drug-likeness (QED) is 0.506. The van der Waals surface area contributed by atoms with Crippen molar-refractivity contribution in [2.75, 3.05) is 5.73 Å². The van der Waals surface area contributed by atoms with Gasteiger partial charge in [-0.05, 0) is 12.1 Å². The van der Waals surface area contributed by atoms with Crippen molar-refractivity contribution in [3.05, 3.63) is 45.1 Å². The standard InChI is InChI=1S/C10H7N5O2/c11-8-13-9-12-7(16)5-3-1-2-4-6(5)15(9)10(17)14-8/h1-4H,(H3,11,12,13,14,16,17). The van der Waals surface area contributed by atoms with Crippen LogP contribution in [0.15, 0.2) is 33.9 Å². The molecule has 0 amide bonds. The molecule has 0 aliphatic carbocycles. The summed E-state index contributed by atoms with van der Waals surface area (Å²) >= 11 is 0. The van der Waals surface area contributed by atoms with Crippen LogP contribution in [0.2, 0.25) is 0 Å². The molecule has 0 fully saturated rings. The summed E-state index contributed by atoms with van der Waals surface area (Å²) < 4.78 is 1.22. The zero-order valence-electron chi connectivity index (χ0n) is 8.54. The first-order valence-electron chi connectivity index (χ1n) is 4.84. The molecule has 17 heavy (non-hydrogen) atoms. The molecule has 0 saturated heterocycles. The first-order valence-corrected chi connectivity index (χ1v) is 4.84. The summed E-state index contributed by atoms with van der Waals surface area (Å²) in [5.41, 5.74) is 4.94. The van der Waals surface area contributed by atoms with Gasteiger partial charge in [-0.2, -0.15) is 9.97 Å². The summed E-state index contributed by atoms with van der Waals surface area (Å²) in [6.07, 6.45) is 0. The number of nitrogens with zero attached hydrogens (tertiary/aromatic N) is 3. The number of rotatable bonds is 0. The van der Waals surface area contributed by atoms with E-state index in [0.717, 1.165) is 0 Å². The molecule has 3 aromatic rings. The van der Waals surface area contributed by atoms with Crippen molar-refractivity contribution in [2.24, 2.45) is 0 Å². The molecule has 0 saturated carbocycles. The molecular weight excluding hydrogens is 222 g/mol. The van der Waals surface area contributed by atoms with Crippen molar-refractivity contribution in [2.45, 2.75) is 0 Å². The number of hydrogen-bond acceptors (Lipinski definition) is 5. The van der Waals surface area contributed by atoms with Crippen LogP contribution in [0.4, 0.5) is 5.95 Å². The fourth-order valence-corrected chi connectivity index (χ4v) is 1.73. The van der Waals surface area contributed by atoms with E-state index in [-0.39, 0.29) is 11.7 Å². The summed E-state index contributed by atoms with van der Waals surface area (Å²) in [5, 5.41) is 0.363. The van der Waals surface area contributed by atoms with Crippen molar-refractivity contribution in [1.82, 2.24) is 19.4 Å². The van der Waals surface area contributed by atoms with Crippen LogP contribution in [0.25, 0.3) is 16.7 Å². The van der Waals surface area contributed by atoms with Crippen molar-refractivity contribution in [3.8, 4) is 0 Å². The minimum absolute atomic E-state index is 0.00468. The topological polar surface area (TPSA) is 106 Å². The molecule has 1 aromatic carbocycles. The van der Waals surface area contributed by atoms with Crippen LogP contribution in [0.1, 0.15) is 0 Å². The number of benzene rings is 1. The molecule has 3 rings (SSSR count). The highest BCUT2D eigenvalue weighted by Gasteiger charge is 2.08. The van der Waals surface area contributed by atoms with Gasteiger partial charge in [0.05, 0.1) is 10.9 Å². The van der Waals surface area contributed by atoms with Gasteiger partial charge in [0.1, 0.15) is 0 Å². The Bertz CT molecular complexity index is 849. The van der Waals surface area contributed by atoms with E-state index in [1.54, 1.807) is 24.3 Å². The Hall–Kier alpha value is -2.70. The van der Waals surface area contributed by atoms with Gasteiger partial charge in [-0.15, -0.1) is 0 Å². The largest absolute Gasteiger partial charge is 0.369 e. The van der Waals surface area contributed by atoms with E-state index in [2.05, 4.69) is 15.0 Å². The minimum atomic E-state index is -0.476. The predicted octanol–water partition coefficient (Wildman–Crippen LogP) is -0.487. The second-order valence-corrected chi connectivity index (χ2v) is 3.50. The van der Waals surface area contributed by atoms with Crippen LogP contribution in [-0.4, -0.2) is 19.4 Å². The lowest BCUT2D eigenvalue weighted by molar-refractivity contribution is 0.945. The Morgan fingerprint density at radius 3 is 2.76 bits per heavy atom. The lowest BCUT2D eigenvalue weighted by Gasteiger charge is -2.03. The molecule has 84 valence electrons. The molecular formula is C10H7N5O2. The molecule has 0 bridgehead atoms. The highest BCUT2D eigenvalue weighted by molar-refractivity contribution is 5.79. The van der Waals surface area contributed by atoms with Crippen LogP contribution in [0.5, 0.6) is 0 Å². The third kappa shape index (κ3) is 1.29. The van der Waals surface area contributed by atoms with Gasteiger partial charge in [-0.3, -0.25) is 9.78 Å². The average molecular weight is 229 g/mol. The maximum atomic E-state index is 11.8. The average Bonchev–Trinajstić information content (AvgIpc) is 2.28. The highest BCUT2D eigenvalue weighted by Crippen LogP contribution is 2.07.